The Bertz CT molecular complexity index is 131. The molecule has 3 nitrogen and oxygen atoms in total. The van der Waals surface area contributed by atoms with Crippen molar-refractivity contribution in [2.24, 2.45) is 5.92 Å². The van der Waals surface area contributed by atoms with Gasteiger partial charge in [0, 0.05) is 19.1 Å². The molecule has 0 aliphatic rings. The van der Waals surface area contributed by atoms with E-state index in [2.05, 4.69) is 6.58 Å². The topological polar surface area (TPSA) is 35.5 Å². The maximum absolute atomic E-state index is 10.5. The van der Waals surface area contributed by atoms with Crippen LogP contribution in [0, 0.1) is 5.92 Å². The molecule has 1 unspecified atom stereocenters. The van der Waals surface area contributed by atoms with Crippen molar-refractivity contribution in [1.82, 2.24) is 0 Å². The number of methoxy groups -OCH3 is 1. The van der Waals surface area contributed by atoms with Crippen molar-refractivity contribution in [1.29, 1.82) is 0 Å². The third-order valence-electron chi connectivity index (χ3n) is 1.13. The molecule has 0 amide bonds. The van der Waals surface area contributed by atoms with E-state index in [9.17, 15) is 4.79 Å². The van der Waals surface area contributed by atoms with Crippen LogP contribution in [0.2, 0.25) is 0 Å². The Kier molecular flexibility index (Phi) is 5.47. The van der Waals surface area contributed by atoms with Gasteiger partial charge in [-0.25, -0.2) is 4.79 Å². The second kappa shape index (κ2) is 5.92. The Labute approximate surface area is 67.0 Å². The lowest BCUT2D eigenvalue weighted by molar-refractivity contribution is -0.139. The number of hydrogen-bond donors (Lipinski definition) is 0. The lowest BCUT2D eigenvalue weighted by atomic mass is 10.2. The largest absolute Gasteiger partial charge is 0.462 e. The zero-order valence-corrected chi connectivity index (χ0v) is 7.00. The first-order valence-corrected chi connectivity index (χ1v) is 3.48. The van der Waals surface area contributed by atoms with Gasteiger partial charge in [-0.1, -0.05) is 13.5 Å². The minimum Gasteiger partial charge on any atom is -0.462 e. The van der Waals surface area contributed by atoms with Crippen LogP contribution < -0.4 is 0 Å². The highest BCUT2D eigenvalue weighted by Crippen LogP contribution is 1.96. The fourth-order valence-corrected chi connectivity index (χ4v) is 0.616. The fourth-order valence-electron chi connectivity index (χ4n) is 0.616. The summed E-state index contributed by atoms with van der Waals surface area (Å²) in [5.41, 5.74) is 0. The molecule has 64 valence electrons. The van der Waals surface area contributed by atoms with Crippen LogP contribution in [0.1, 0.15) is 6.92 Å². The Balaban J connectivity index is 3.37. The Hall–Kier alpha value is -0.830. The standard InChI is InChI=1S/C8H14O3/c1-4-8(9)11-6-7(2)5-10-3/h4,7H,1,5-6H2,2-3H3. The van der Waals surface area contributed by atoms with Crippen LogP contribution in [0.3, 0.4) is 0 Å². The SMILES string of the molecule is C=CC(=O)OCC(C)COC. The van der Waals surface area contributed by atoms with E-state index in [1.165, 1.54) is 0 Å². The maximum atomic E-state index is 10.5. The molecule has 0 saturated heterocycles. The number of carbonyl (C=O) groups excluding carboxylic acids is 1. The molecule has 0 saturated carbocycles. The van der Waals surface area contributed by atoms with E-state index in [0.717, 1.165) is 6.08 Å². The summed E-state index contributed by atoms with van der Waals surface area (Å²) in [6.45, 7) is 6.21. The lowest BCUT2D eigenvalue weighted by Crippen LogP contribution is -2.14. The first kappa shape index (κ1) is 10.2. The number of hydrogen-bond acceptors (Lipinski definition) is 3. The average molecular weight is 158 g/mol. The first-order chi connectivity index (χ1) is 5.20. The molecule has 0 rings (SSSR count). The minimum absolute atomic E-state index is 0.240. The summed E-state index contributed by atoms with van der Waals surface area (Å²) in [4.78, 5) is 10.5. The second-order valence-electron chi connectivity index (χ2n) is 2.39. The summed E-state index contributed by atoms with van der Waals surface area (Å²) in [7, 11) is 1.62. The van der Waals surface area contributed by atoms with Crippen LogP contribution in [-0.4, -0.2) is 26.3 Å². The van der Waals surface area contributed by atoms with E-state index in [0.29, 0.717) is 13.2 Å². The maximum Gasteiger partial charge on any atom is 0.330 e. The Morgan fingerprint density at radius 2 is 2.27 bits per heavy atom. The van der Waals surface area contributed by atoms with E-state index in [4.69, 9.17) is 9.47 Å². The molecule has 0 aromatic heterocycles. The molecule has 1 atom stereocenters. The molecule has 0 N–H and O–H groups in total. The first-order valence-electron chi connectivity index (χ1n) is 3.48. The van der Waals surface area contributed by atoms with Gasteiger partial charge in [0.05, 0.1) is 13.2 Å². The highest BCUT2D eigenvalue weighted by atomic mass is 16.5. The Morgan fingerprint density at radius 1 is 1.64 bits per heavy atom. The summed E-state index contributed by atoms with van der Waals surface area (Å²) in [6.07, 6.45) is 1.15. The number of esters is 1. The molecule has 0 aromatic carbocycles. The molecule has 3 heteroatoms. The quantitative estimate of drug-likeness (QED) is 0.442. The van der Waals surface area contributed by atoms with Gasteiger partial charge in [0.1, 0.15) is 0 Å². The van der Waals surface area contributed by atoms with Gasteiger partial charge in [-0.2, -0.15) is 0 Å². The Morgan fingerprint density at radius 3 is 2.73 bits per heavy atom. The van der Waals surface area contributed by atoms with Crippen molar-refractivity contribution in [3.8, 4) is 0 Å². The monoisotopic (exact) mass is 158 g/mol. The molecule has 0 aliphatic carbocycles. The average Bonchev–Trinajstić information content (AvgIpc) is 2.01. The minimum atomic E-state index is -0.382. The molecule has 0 aliphatic heterocycles. The van der Waals surface area contributed by atoms with Crippen molar-refractivity contribution >= 4 is 5.97 Å². The summed E-state index contributed by atoms with van der Waals surface area (Å²) >= 11 is 0. The highest BCUT2D eigenvalue weighted by Gasteiger charge is 2.03. The summed E-state index contributed by atoms with van der Waals surface area (Å²) in [5, 5.41) is 0. The van der Waals surface area contributed by atoms with Gasteiger partial charge in [0.15, 0.2) is 0 Å². The van der Waals surface area contributed by atoms with Gasteiger partial charge >= 0.3 is 5.97 Å². The van der Waals surface area contributed by atoms with Gasteiger partial charge in [0.25, 0.3) is 0 Å². The molecule has 0 aromatic rings. The zero-order valence-electron chi connectivity index (χ0n) is 7.00. The highest BCUT2D eigenvalue weighted by molar-refractivity contribution is 5.81. The number of rotatable bonds is 5. The molecular weight excluding hydrogens is 144 g/mol. The molecule has 0 fully saturated rings. The van der Waals surface area contributed by atoms with Crippen molar-refractivity contribution in [2.75, 3.05) is 20.3 Å². The van der Waals surface area contributed by atoms with Gasteiger partial charge < -0.3 is 9.47 Å². The van der Waals surface area contributed by atoms with Gasteiger partial charge in [-0.05, 0) is 0 Å². The molecule has 0 radical (unpaired) electrons. The predicted octanol–water partition coefficient (Wildman–Crippen LogP) is 0.998. The van der Waals surface area contributed by atoms with Crippen LogP contribution in [0.4, 0.5) is 0 Å². The van der Waals surface area contributed by atoms with Crippen LogP contribution in [0.25, 0.3) is 0 Å². The summed E-state index contributed by atoms with van der Waals surface area (Å²) < 4.78 is 9.62. The molecule has 11 heavy (non-hydrogen) atoms. The van der Waals surface area contributed by atoms with Crippen molar-refractivity contribution in [3.05, 3.63) is 12.7 Å². The van der Waals surface area contributed by atoms with Crippen molar-refractivity contribution in [2.45, 2.75) is 6.92 Å². The smallest absolute Gasteiger partial charge is 0.330 e. The normalized spacial score (nSPS) is 12.2. The van der Waals surface area contributed by atoms with Crippen LogP contribution in [-0.2, 0) is 14.3 Å². The van der Waals surface area contributed by atoms with E-state index in [1.54, 1.807) is 7.11 Å². The summed E-state index contributed by atoms with van der Waals surface area (Å²) in [6, 6.07) is 0. The number of ether oxygens (including phenoxy) is 2. The molecule has 0 bridgehead atoms. The molecule has 0 spiro atoms. The van der Waals surface area contributed by atoms with Gasteiger partial charge in [-0.15, -0.1) is 0 Å². The van der Waals surface area contributed by atoms with Crippen molar-refractivity contribution in [3.63, 3.8) is 0 Å². The summed E-state index contributed by atoms with van der Waals surface area (Å²) in [5.74, 6) is -0.142. The molecular formula is C8H14O3. The van der Waals surface area contributed by atoms with Crippen LogP contribution in [0.15, 0.2) is 12.7 Å². The lowest BCUT2D eigenvalue weighted by Gasteiger charge is -2.08. The predicted molar refractivity (Wildman–Crippen MR) is 42.2 cm³/mol. The third kappa shape index (κ3) is 5.61. The number of carbonyl (C=O) groups is 1. The van der Waals surface area contributed by atoms with Gasteiger partial charge in [-0.3, -0.25) is 0 Å². The van der Waals surface area contributed by atoms with Crippen LogP contribution in [0.5, 0.6) is 0 Å². The van der Waals surface area contributed by atoms with E-state index < -0.39 is 0 Å². The second-order valence-corrected chi connectivity index (χ2v) is 2.39. The fraction of sp³-hybridized carbons (Fsp3) is 0.625. The van der Waals surface area contributed by atoms with E-state index >= 15 is 0 Å². The van der Waals surface area contributed by atoms with E-state index in [-0.39, 0.29) is 11.9 Å². The van der Waals surface area contributed by atoms with Crippen molar-refractivity contribution < 1.29 is 14.3 Å². The third-order valence-corrected chi connectivity index (χ3v) is 1.13. The van der Waals surface area contributed by atoms with E-state index in [1.807, 2.05) is 6.92 Å². The zero-order chi connectivity index (χ0) is 8.69. The molecule has 0 heterocycles. The van der Waals surface area contributed by atoms with Gasteiger partial charge in [0.2, 0.25) is 0 Å². The van der Waals surface area contributed by atoms with Crippen LogP contribution >= 0.6 is 0 Å².